The SMILES string of the molecule is CCCNc1ccnc(COc2ccc(C)cc2OC)c1. The zero-order valence-electron chi connectivity index (χ0n) is 12.8. The lowest BCUT2D eigenvalue weighted by Crippen LogP contribution is -2.03. The highest BCUT2D eigenvalue weighted by Gasteiger charge is 2.05. The van der Waals surface area contributed by atoms with Crippen molar-refractivity contribution in [1.82, 2.24) is 4.98 Å². The van der Waals surface area contributed by atoms with E-state index in [1.54, 1.807) is 13.3 Å². The Balaban J connectivity index is 2.02. The molecule has 0 amide bonds. The Hall–Kier alpha value is -2.23. The van der Waals surface area contributed by atoms with Crippen molar-refractivity contribution in [2.24, 2.45) is 0 Å². The second kappa shape index (κ2) is 7.53. The van der Waals surface area contributed by atoms with E-state index < -0.39 is 0 Å². The number of rotatable bonds is 7. The lowest BCUT2D eigenvalue weighted by molar-refractivity contribution is 0.280. The van der Waals surface area contributed by atoms with Crippen LogP contribution < -0.4 is 14.8 Å². The number of aromatic nitrogens is 1. The maximum Gasteiger partial charge on any atom is 0.161 e. The molecular weight excluding hydrogens is 264 g/mol. The molecule has 1 aromatic carbocycles. The Morgan fingerprint density at radius 3 is 2.76 bits per heavy atom. The summed E-state index contributed by atoms with van der Waals surface area (Å²) >= 11 is 0. The van der Waals surface area contributed by atoms with E-state index in [9.17, 15) is 0 Å². The van der Waals surface area contributed by atoms with E-state index >= 15 is 0 Å². The third-order valence-corrected chi connectivity index (χ3v) is 3.09. The molecule has 0 aliphatic rings. The first-order valence-corrected chi connectivity index (χ1v) is 7.19. The lowest BCUT2D eigenvalue weighted by Gasteiger charge is -2.12. The third-order valence-electron chi connectivity index (χ3n) is 3.09. The van der Waals surface area contributed by atoms with E-state index in [-0.39, 0.29) is 0 Å². The maximum atomic E-state index is 5.81. The van der Waals surface area contributed by atoms with Crippen LogP contribution in [-0.4, -0.2) is 18.6 Å². The topological polar surface area (TPSA) is 43.4 Å². The van der Waals surface area contributed by atoms with E-state index in [4.69, 9.17) is 9.47 Å². The van der Waals surface area contributed by atoms with Gasteiger partial charge in [0.25, 0.3) is 0 Å². The highest BCUT2D eigenvalue weighted by atomic mass is 16.5. The molecule has 4 heteroatoms. The van der Waals surface area contributed by atoms with Gasteiger partial charge in [-0.05, 0) is 43.2 Å². The van der Waals surface area contributed by atoms with Crippen LogP contribution in [0.4, 0.5) is 5.69 Å². The summed E-state index contributed by atoms with van der Waals surface area (Å²) in [5.74, 6) is 1.48. The molecule has 0 aliphatic carbocycles. The van der Waals surface area contributed by atoms with Crippen molar-refractivity contribution in [3.8, 4) is 11.5 Å². The van der Waals surface area contributed by atoms with E-state index in [0.717, 1.165) is 41.4 Å². The minimum atomic E-state index is 0.418. The Morgan fingerprint density at radius 1 is 1.14 bits per heavy atom. The number of ether oxygens (including phenoxy) is 2. The molecule has 0 atom stereocenters. The average Bonchev–Trinajstić information content (AvgIpc) is 2.52. The summed E-state index contributed by atoms with van der Waals surface area (Å²) in [4.78, 5) is 4.33. The number of pyridine rings is 1. The van der Waals surface area contributed by atoms with Gasteiger partial charge >= 0.3 is 0 Å². The molecule has 2 aromatic rings. The maximum absolute atomic E-state index is 5.81. The summed E-state index contributed by atoms with van der Waals surface area (Å²) in [5.41, 5.74) is 3.10. The first-order valence-electron chi connectivity index (χ1n) is 7.19. The third kappa shape index (κ3) is 4.38. The second-order valence-electron chi connectivity index (χ2n) is 4.91. The summed E-state index contributed by atoms with van der Waals surface area (Å²) in [6.07, 6.45) is 2.89. The number of aryl methyl sites for hydroxylation is 1. The molecule has 0 bridgehead atoms. The van der Waals surface area contributed by atoms with Crippen LogP contribution in [-0.2, 0) is 6.61 Å². The van der Waals surface area contributed by atoms with Crippen LogP contribution in [0.1, 0.15) is 24.6 Å². The fourth-order valence-corrected chi connectivity index (χ4v) is 1.98. The summed E-state index contributed by atoms with van der Waals surface area (Å²) in [6, 6.07) is 9.86. The van der Waals surface area contributed by atoms with Crippen LogP contribution in [0.5, 0.6) is 11.5 Å². The van der Waals surface area contributed by atoms with Gasteiger partial charge in [0, 0.05) is 18.4 Å². The number of benzene rings is 1. The number of hydrogen-bond donors (Lipinski definition) is 1. The Kier molecular flexibility index (Phi) is 5.43. The highest BCUT2D eigenvalue weighted by molar-refractivity contribution is 5.44. The molecule has 21 heavy (non-hydrogen) atoms. The summed E-state index contributed by atoms with van der Waals surface area (Å²) in [6.45, 7) is 5.54. The zero-order valence-corrected chi connectivity index (χ0v) is 12.8. The van der Waals surface area contributed by atoms with Gasteiger partial charge in [-0.15, -0.1) is 0 Å². The van der Waals surface area contributed by atoms with Crippen molar-refractivity contribution >= 4 is 5.69 Å². The molecule has 1 aromatic heterocycles. The summed E-state index contributed by atoms with van der Waals surface area (Å²) in [7, 11) is 1.65. The van der Waals surface area contributed by atoms with Crippen LogP contribution in [0.2, 0.25) is 0 Å². The molecule has 0 spiro atoms. The first-order chi connectivity index (χ1) is 10.2. The quantitative estimate of drug-likeness (QED) is 0.840. The molecule has 4 nitrogen and oxygen atoms in total. The van der Waals surface area contributed by atoms with E-state index in [2.05, 4.69) is 17.2 Å². The van der Waals surface area contributed by atoms with Crippen molar-refractivity contribution in [1.29, 1.82) is 0 Å². The molecule has 0 saturated carbocycles. The van der Waals surface area contributed by atoms with E-state index in [1.807, 2.05) is 37.3 Å². The van der Waals surface area contributed by atoms with E-state index in [0.29, 0.717) is 6.61 Å². The van der Waals surface area contributed by atoms with Gasteiger partial charge in [0.05, 0.1) is 12.8 Å². The Bertz CT molecular complexity index is 585. The van der Waals surface area contributed by atoms with Crippen molar-refractivity contribution in [2.45, 2.75) is 26.9 Å². The fraction of sp³-hybridized carbons (Fsp3) is 0.353. The predicted molar refractivity (Wildman–Crippen MR) is 85.1 cm³/mol. The van der Waals surface area contributed by atoms with Gasteiger partial charge in [-0.1, -0.05) is 13.0 Å². The van der Waals surface area contributed by atoms with Crippen LogP contribution in [0.3, 0.4) is 0 Å². The minimum Gasteiger partial charge on any atom is -0.493 e. The monoisotopic (exact) mass is 286 g/mol. The van der Waals surface area contributed by atoms with Gasteiger partial charge in [-0.25, -0.2) is 0 Å². The molecular formula is C17H22N2O2. The van der Waals surface area contributed by atoms with Gasteiger partial charge in [-0.3, -0.25) is 4.98 Å². The number of nitrogens with one attached hydrogen (secondary N) is 1. The number of anilines is 1. The largest absolute Gasteiger partial charge is 0.493 e. The van der Waals surface area contributed by atoms with E-state index in [1.165, 1.54) is 0 Å². The lowest BCUT2D eigenvalue weighted by atomic mass is 10.2. The second-order valence-corrected chi connectivity index (χ2v) is 4.91. The van der Waals surface area contributed by atoms with Crippen molar-refractivity contribution in [3.63, 3.8) is 0 Å². The Morgan fingerprint density at radius 2 is 2.00 bits per heavy atom. The fourth-order valence-electron chi connectivity index (χ4n) is 1.98. The van der Waals surface area contributed by atoms with Gasteiger partial charge in [0.1, 0.15) is 6.61 Å². The highest BCUT2D eigenvalue weighted by Crippen LogP contribution is 2.28. The summed E-state index contributed by atoms with van der Waals surface area (Å²) < 4.78 is 11.1. The molecule has 2 rings (SSSR count). The van der Waals surface area contributed by atoms with Crippen molar-refractivity contribution < 1.29 is 9.47 Å². The van der Waals surface area contributed by atoms with Crippen molar-refractivity contribution in [2.75, 3.05) is 19.0 Å². The Labute approximate surface area is 126 Å². The van der Waals surface area contributed by atoms with Gasteiger partial charge in [0.2, 0.25) is 0 Å². The number of methoxy groups -OCH3 is 1. The minimum absolute atomic E-state index is 0.418. The van der Waals surface area contributed by atoms with Gasteiger partial charge < -0.3 is 14.8 Å². The predicted octanol–water partition coefficient (Wildman–Crippen LogP) is 3.80. The zero-order chi connectivity index (χ0) is 15.1. The average molecular weight is 286 g/mol. The van der Waals surface area contributed by atoms with Crippen LogP contribution in [0.15, 0.2) is 36.5 Å². The molecule has 0 saturated heterocycles. The van der Waals surface area contributed by atoms with Gasteiger partial charge in [0.15, 0.2) is 11.5 Å². The van der Waals surface area contributed by atoms with Gasteiger partial charge in [-0.2, -0.15) is 0 Å². The molecule has 112 valence electrons. The number of hydrogen-bond acceptors (Lipinski definition) is 4. The first kappa shape index (κ1) is 15.2. The molecule has 0 radical (unpaired) electrons. The normalized spacial score (nSPS) is 10.2. The molecule has 0 unspecified atom stereocenters. The number of nitrogens with zero attached hydrogens (tertiary/aromatic N) is 1. The molecule has 0 aliphatic heterocycles. The van der Waals surface area contributed by atoms with Crippen molar-refractivity contribution in [3.05, 3.63) is 47.8 Å². The standard InChI is InChI=1S/C17H22N2O2/c1-4-8-18-14-7-9-19-15(11-14)12-21-16-6-5-13(2)10-17(16)20-3/h5-7,9-11H,4,8,12H2,1-3H3,(H,18,19). The molecule has 1 N–H and O–H groups in total. The summed E-state index contributed by atoms with van der Waals surface area (Å²) in [5, 5.41) is 3.34. The van der Waals surface area contributed by atoms with Crippen LogP contribution in [0.25, 0.3) is 0 Å². The molecule has 1 heterocycles. The van der Waals surface area contributed by atoms with Crippen LogP contribution >= 0.6 is 0 Å². The molecule has 0 fully saturated rings. The smallest absolute Gasteiger partial charge is 0.161 e. The van der Waals surface area contributed by atoms with Crippen LogP contribution in [0, 0.1) is 6.92 Å².